The zero-order chi connectivity index (χ0) is 18.5. The molecule has 4 aliphatic rings. The quantitative estimate of drug-likeness (QED) is 0.722. The predicted octanol–water partition coefficient (Wildman–Crippen LogP) is 4.96. The molecule has 3 nitrogen and oxygen atoms in total. The molecule has 0 aromatic heterocycles. The first-order valence-electron chi connectivity index (χ1n) is 11.2. The van der Waals surface area contributed by atoms with Crippen LogP contribution in [-0.2, 0) is 9.53 Å². The van der Waals surface area contributed by atoms with E-state index in [0.29, 0.717) is 17.4 Å². The van der Waals surface area contributed by atoms with Crippen molar-refractivity contribution in [2.24, 2.45) is 40.4 Å². The third-order valence-electron chi connectivity index (χ3n) is 9.62. The average Bonchev–Trinajstić information content (AvgIpc) is 2.92. The number of aliphatic hydroxyl groups is 1. The van der Waals surface area contributed by atoms with E-state index < -0.39 is 0 Å². The van der Waals surface area contributed by atoms with E-state index in [1.165, 1.54) is 44.9 Å². The van der Waals surface area contributed by atoms with Gasteiger partial charge in [-0.1, -0.05) is 13.8 Å². The zero-order valence-electron chi connectivity index (χ0n) is 17.0. The highest BCUT2D eigenvalue weighted by atomic mass is 16.5. The molecule has 1 N–H and O–H groups in total. The molecule has 4 saturated carbocycles. The van der Waals surface area contributed by atoms with Crippen LogP contribution in [-0.4, -0.2) is 23.8 Å². The van der Waals surface area contributed by atoms with Crippen molar-refractivity contribution in [1.29, 1.82) is 0 Å². The van der Waals surface area contributed by atoms with Crippen LogP contribution < -0.4 is 0 Å². The van der Waals surface area contributed by atoms with Crippen LogP contribution in [0.15, 0.2) is 0 Å². The first-order chi connectivity index (χ1) is 12.4. The molecule has 0 amide bonds. The third kappa shape index (κ3) is 2.84. The minimum atomic E-state index is -0.110. The smallest absolute Gasteiger partial charge is 0.302 e. The number of rotatable bonds is 3. The summed E-state index contributed by atoms with van der Waals surface area (Å²) < 4.78 is 5.58. The molecular weight excluding hydrogens is 324 g/mol. The molecule has 26 heavy (non-hydrogen) atoms. The Balaban J connectivity index is 1.51. The molecule has 0 heterocycles. The summed E-state index contributed by atoms with van der Waals surface area (Å²) in [7, 11) is 0. The normalized spacial score (nSPS) is 50.5. The van der Waals surface area contributed by atoms with Crippen LogP contribution in [0.2, 0.25) is 0 Å². The van der Waals surface area contributed by atoms with Crippen molar-refractivity contribution in [1.82, 2.24) is 0 Å². The average molecular weight is 363 g/mol. The Kier molecular flexibility index (Phi) is 4.91. The molecule has 0 aromatic carbocycles. The lowest BCUT2D eigenvalue weighted by Gasteiger charge is -2.61. The minimum Gasteiger partial charge on any atom is -0.463 e. The van der Waals surface area contributed by atoms with E-state index in [-0.39, 0.29) is 12.1 Å². The SMILES string of the molecule is CC(=O)OC1CCC2(C)C(CCC3C4CCC(CCO)C4(C)CCC32)C1. The molecule has 0 aromatic rings. The Morgan fingerprint density at radius 1 is 1.00 bits per heavy atom. The van der Waals surface area contributed by atoms with Gasteiger partial charge in [-0.2, -0.15) is 0 Å². The summed E-state index contributed by atoms with van der Waals surface area (Å²) in [4.78, 5) is 11.4. The molecule has 0 aliphatic heterocycles. The Bertz CT molecular complexity index is 546. The van der Waals surface area contributed by atoms with Crippen LogP contribution in [0.4, 0.5) is 0 Å². The van der Waals surface area contributed by atoms with E-state index in [0.717, 1.165) is 48.9 Å². The van der Waals surface area contributed by atoms with Gasteiger partial charge in [0.2, 0.25) is 0 Å². The van der Waals surface area contributed by atoms with Gasteiger partial charge in [0, 0.05) is 13.5 Å². The zero-order valence-corrected chi connectivity index (χ0v) is 17.0. The van der Waals surface area contributed by atoms with Crippen molar-refractivity contribution >= 4 is 5.97 Å². The van der Waals surface area contributed by atoms with E-state index >= 15 is 0 Å². The van der Waals surface area contributed by atoms with Crippen molar-refractivity contribution in [3.05, 3.63) is 0 Å². The number of esters is 1. The van der Waals surface area contributed by atoms with Crippen molar-refractivity contribution < 1.29 is 14.6 Å². The Morgan fingerprint density at radius 3 is 2.46 bits per heavy atom. The van der Waals surface area contributed by atoms with Gasteiger partial charge in [-0.3, -0.25) is 4.79 Å². The first kappa shape index (κ1) is 18.8. The largest absolute Gasteiger partial charge is 0.463 e. The van der Waals surface area contributed by atoms with Gasteiger partial charge in [0.25, 0.3) is 0 Å². The fourth-order valence-corrected chi connectivity index (χ4v) is 8.30. The second-order valence-corrected chi connectivity index (χ2v) is 10.5. The number of aliphatic hydroxyl groups excluding tert-OH is 1. The van der Waals surface area contributed by atoms with Crippen molar-refractivity contribution in [3.8, 4) is 0 Å². The molecule has 4 aliphatic carbocycles. The highest BCUT2D eigenvalue weighted by Crippen LogP contribution is 2.67. The Morgan fingerprint density at radius 2 is 1.73 bits per heavy atom. The second kappa shape index (κ2) is 6.79. The van der Waals surface area contributed by atoms with Crippen molar-refractivity contribution in [2.75, 3.05) is 6.61 Å². The van der Waals surface area contributed by atoms with Gasteiger partial charge in [0.1, 0.15) is 6.10 Å². The summed E-state index contributed by atoms with van der Waals surface area (Å²) in [6.45, 7) is 7.03. The van der Waals surface area contributed by atoms with Crippen LogP contribution in [0.1, 0.15) is 85.0 Å². The van der Waals surface area contributed by atoms with Gasteiger partial charge < -0.3 is 9.84 Å². The summed E-state index contributed by atoms with van der Waals surface area (Å²) in [5.74, 6) is 4.00. The van der Waals surface area contributed by atoms with Gasteiger partial charge in [-0.15, -0.1) is 0 Å². The number of hydrogen-bond donors (Lipinski definition) is 1. The van der Waals surface area contributed by atoms with E-state index in [1.807, 2.05) is 0 Å². The number of carbonyl (C=O) groups is 1. The van der Waals surface area contributed by atoms with E-state index in [1.54, 1.807) is 6.92 Å². The number of ether oxygens (including phenoxy) is 1. The summed E-state index contributed by atoms with van der Waals surface area (Å²) in [6.07, 6.45) is 12.7. The van der Waals surface area contributed by atoms with Crippen LogP contribution in [0, 0.1) is 40.4 Å². The van der Waals surface area contributed by atoms with Crippen LogP contribution in [0.5, 0.6) is 0 Å². The molecule has 3 heteroatoms. The number of fused-ring (bicyclic) bond motifs is 5. The highest BCUT2D eigenvalue weighted by Gasteiger charge is 2.60. The van der Waals surface area contributed by atoms with Gasteiger partial charge in [-0.05, 0) is 105 Å². The molecule has 8 atom stereocenters. The van der Waals surface area contributed by atoms with Crippen LogP contribution in [0.25, 0.3) is 0 Å². The third-order valence-corrected chi connectivity index (χ3v) is 9.62. The summed E-state index contributed by atoms with van der Waals surface area (Å²) in [6, 6.07) is 0. The van der Waals surface area contributed by atoms with Gasteiger partial charge >= 0.3 is 5.97 Å². The topological polar surface area (TPSA) is 46.5 Å². The molecule has 0 bridgehead atoms. The number of hydrogen-bond acceptors (Lipinski definition) is 3. The van der Waals surface area contributed by atoms with Crippen LogP contribution >= 0.6 is 0 Å². The monoisotopic (exact) mass is 362 g/mol. The minimum absolute atomic E-state index is 0.110. The maximum Gasteiger partial charge on any atom is 0.302 e. The fraction of sp³-hybridized carbons (Fsp3) is 0.957. The molecule has 4 fully saturated rings. The van der Waals surface area contributed by atoms with Gasteiger partial charge in [-0.25, -0.2) is 0 Å². The molecule has 0 spiro atoms. The molecular formula is C23H38O3. The fourth-order valence-electron chi connectivity index (χ4n) is 8.30. The molecule has 0 radical (unpaired) electrons. The Labute approximate surface area is 159 Å². The van der Waals surface area contributed by atoms with E-state index in [2.05, 4.69) is 13.8 Å². The maximum absolute atomic E-state index is 11.4. The first-order valence-corrected chi connectivity index (χ1v) is 11.2. The molecule has 8 unspecified atom stereocenters. The standard InChI is InChI=1S/C23H38O3/c1-15(25)26-18-8-11-23(3)17(14-18)4-6-19-20-7-5-16(10-13-24)22(20,2)12-9-21(19)23/h16-21,24H,4-14H2,1-3H3. The number of carbonyl (C=O) groups excluding carboxylic acids is 1. The summed E-state index contributed by atoms with van der Waals surface area (Å²) in [5, 5.41) is 9.51. The van der Waals surface area contributed by atoms with Gasteiger partial charge in [0.05, 0.1) is 0 Å². The molecule has 0 saturated heterocycles. The predicted molar refractivity (Wildman–Crippen MR) is 102 cm³/mol. The van der Waals surface area contributed by atoms with E-state index in [4.69, 9.17) is 4.74 Å². The summed E-state index contributed by atoms with van der Waals surface area (Å²) in [5.41, 5.74) is 0.929. The molecule has 148 valence electrons. The van der Waals surface area contributed by atoms with Crippen molar-refractivity contribution in [3.63, 3.8) is 0 Å². The lowest BCUT2D eigenvalue weighted by molar-refractivity contribution is -0.160. The lowest BCUT2D eigenvalue weighted by atomic mass is 9.44. The highest BCUT2D eigenvalue weighted by molar-refractivity contribution is 5.66. The lowest BCUT2D eigenvalue weighted by Crippen LogP contribution is -2.54. The summed E-state index contributed by atoms with van der Waals surface area (Å²) >= 11 is 0. The second-order valence-electron chi connectivity index (χ2n) is 10.5. The van der Waals surface area contributed by atoms with Crippen LogP contribution in [0.3, 0.4) is 0 Å². The molecule has 4 rings (SSSR count). The Hall–Kier alpha value is -0.570. The van der Waals surface area contributed by atoms with E-state index in [9.17, 15) is 9.90 Å². The van der Waals surface area contributed by atoms with Crippen molar-refractivity contribution in [2.45, 2.75) is 91.1 Å². The van der Waals surface area contributed by atoms with Gasteiger partial charge in [0.15, 0.2) is 0 Å². The maximum atomic E-state index is 11.4.